The van der Waals surface area contributed by atoms with E-state index in [2.05, 4.69) is 4.18 Å². The van der Waals surface area contributed by atoms with Gasteiger partial charge in [0.25, 0.3) is 0 Å². The Bertz CT molecular complexity index is 303. The van der Waals surface area contributed by atoms with Crippen LogP contribution in [0.3, 0.4) is 0 Å². The van der Waals surface area contributed by atoms with Gasteiger partial charge in [-0.3, -0.25) is 0 Å². The average molecular weight is 294 g/mol. The van der Waals surface area contributed by atoms with Gasteiger partial charge in [-0.2, -0.15) is 5.06 Å². The zero-order chi connectivity index (χ0) is 14.7. The van der Waals surface area contributed by atoms with Crippen LogP contribution in [-0.2, 0) is 20.3 Å². The van der Waals surface area contributed by atoms with E-state index in [4.69, 9.17) is 4.74 Å². The van der Waals surface area contributed by atoms with Crippen molar-refractivity contribution >= 4 is 11.4 Å². The Labute approximate surface area is 117 Å². The lowest BCUT2D eigenvalue weighted by Crippen LogP contribution is -2.60. The van der Waals surface area contributed by atoms with E-state index in [1.807, 2.05) is 27.7 Å². The molecule has 6 nitrogen and oxygen atoms in total. The van der Waals surface area contributed by atoms with E-state index in [9.17, 15) is 14.0 Å². The second-order valence-electron chi connectivity index (χ2n) is 6.22. The van der Waals surface area contributed by atoms with Crippen LogP contribution >= 0.6 is 0 Å². The highest BCUT2D eigenvalue weighted by Gasteiger charge is 2.45. The molecule has 1 unspecified atom stereocenters. The number of hydrogen-bond donors (Lipinski definition) is 1. The Morgan fingerprint density at radius 1 is 1.26 bits per heavy atom. The zero-order valence-corrected chi connectivity index (χ0v) is 12.9. The fourth-order valence-electron chi connectivity index (χ4n) is 2.73. The van der Waals surface area contributed by atoms with Crippen LogP contribution in [-0.4, -0.2) is 49.4 Å². The standard InChI is InChI=1S/C12H25NO5S/c1-11(2)8-10(9-12(3,4)13(11)14)17-6-5-7-18-19(15)16/h10,14H,5-9H2,1-4H3,(H,15,16)/p-1. The molecule has 19 heavy (non-hydrogen) atoms. The first-order valence-corrected chi connectivity index (χ1v) is 7.48. The Morgan fingerprint density at radius 2 is 1.79 bits per heavy atom. The molecular weight excluding hydrogens is 270 g/mol. The molecule has 0 radical (unpaired) electrons. The summed E-state index contributed by atoms with van der Waals surface area (Å²) in [5.74, 6) is 0. The molecular formula is C12H24NO5S-. The summed E-state index contributed by atoms with van der Waals surface area (Å²) in [6, 6.07) is 0. The van der Waals surface area contributed by atoms with Gasteiger partial charge >= 0.3 is 0 Å². The predicted octanol–water partition coefficient (Wildman–Crippen LogP) is 1.61. The van der Waals surface area contributed by atoms with Crippen LogP contribution < -0.4 is 0 Å². The largest absolute Gasteiger partial charge is 0.750 e. The minimum Gasteiger partial charge on any atom is -0.750 e. The summed E-state index contributed by atoms with van der Waals surface area (Å²) < 4.78 is 30.5. The first kappa shape index (κ1) is 17.0. The van der Waals surface area contributed by atoms with Crippen LogP contribution in [0.15, 0.2) is 0 Å². The van der Waals surface area contributed by atoms with Crippen molar-refractivity contribution in [2.75, 3.05) is 13.2 Å². The van der Waals surface area contributed by atoms with Crippen molar-refractivity contribution in [2.45, 2.75) is 64.1 Å². The molecule has 1 saturated heterocycles. The molecule has 1 aliphatic heterocycles. The fourth-order valence-corrected chi connectivity index (χ4v) is 2.99. The Hall–Kier alpha value is -0.0500. The van der Waals surface area contributed by atoms with Gasteiger partial charge < -0.3 is 18.7 Å². The predicted molar refractivity (Wildman–Crippen MR) is 70.2 cm³/mol. The number of nitrogens with zero attached hydrogens (tertiary/aromatic N) is 1. The van der Waals surface area contributed by atoms with Crippen LogP contribution in [0.2, 0.25) is 0 Å². The van der Waals surface area contributed by atoms with Crippen molar-refractivity contribution < 1.29 is 22.9 Å². The molecule has 1 N–H and O–H groups in total. The molecule has 0 aliphatic carbocycles. The van der Waals surface area contributed by atoms with E-state index >= 15 is 0 Å². The molecule has 0 amide bonds. The van der Waals surface area contributed by atoms with Crippen molar-refractivity contribution in [3.05, 3.63) is 0 Å². The number of piperidine rings is 1. The molecule has 0 bridgehead atoms. The highest BCUT2D eigenvalue weighted by Crippen LogP contribution is 2.37. The maximum Gasteiger partial charge on any atom is 0.0842 e. The van der Waals surface area contributed by atoms with Crippen LogP contribution in [0, 0.1) is 0 Å². The van der Waals surface area contributed by atoms with Crippen LogP contribution in [0.5, 0.6) is 0 Å². The summed E-state index contributed by atoms with van der Waals surface area (Å²) in [7, 11) is 0. The highest BCUT2D eigenvalue weighted by molar-refractivity contribution is 7.74. The molecule has 1 aliphatic rings. The molecule has 1 heterocycles. The molecule has 0 aromatic heterocycles. The van der Waals surface area contributed by atoms with Crippen LogP contribution in [0.25, 0.3) is 0 Å². The lowest BCUT2D eigenvalue weighted by molar-refractivity contribution is -0.261. The topological polar surface area (TPSA) is 82.1 Å². The van der Waals surface area contributed by atoms with E-state index in [0.29, 0.717) is 13.0 Å². The Morgan fingerprint density at radius 3 is 2.26 bits per heavy atom. The molecule has 7 heteroatoms. The molecule has 114 valence electrons. The second-order valence-corrected chi connectivity index (χ2v) is 6.86. The van der Waals surface area contributed by atoms with Gasteiger partial charge in [0.2, 0.25) is 0 Å². The summed E-state index contributed by atoms with van der Waals surface area (Å²) in [5, 5.41) is 11.5. The normalized spacial score (nSPS) is 25.4. The maximum absolute atomic E-state index is 10.2. The third-order valence-electron chi connectivity index (χ3n) is 3.42. The minimum atomic E-state index is -2.45. The minimum absolute atomic E-state index is 0.0612. The third kappa shape index (κ3) is 5.09. The lowest BCUT2D eigenvalue weighted by atomic mass is 9.80. The summed E-state index contributed by atoms with van der Waals surface area (Å²) in [6.07, 6.45) is 2.07. The highest BCUT2D eigenvalue weighted by atomic mass is 32.2. The summed E-state index contributed by atoms with van der Waals surface area (Å²) >= 11 is -2.45. The Balaban J connectivity index is 2.37. The van der Waals surface area contributed by atoms with Crippen LogP contribution in [0.4, 0.5) is 0 Å². The molecule has 1 rings (SSSR count). The van der Waals surface area contributed by atoms with E-state index in [-0.39, 0.29) is 23.8 Å². The fraction of sp³-hybridized carbons (Fsp3) is 1.00. The summed E-state index contributed by atoms with van der Waals surface area (Å²) in [4.78, 5) is 0. The maximum atomic E-state index is 10.2. The van der Waals surface area contributed by atoms with Crippen molar-refractivity contribution in [3.63, 3.8) is 0 Å². The van der Waals surface area contributed by atoms with Gasteiger partial charge in [-0.15, -0.1) is 0 Å². The summed E-state index contributed by atoms with van der Waals surface area (Å²) in [5.41, 5.74) is -0.668. The molecule has 0 aromatic carbocycles. The molecule has 1 fully saturated rings. The van der Waals surface area contributed by atoms with Crippen molar-refractivity contribution in [1.29, 1.82) is 0 Å². The van der Waals surface area contributed by atoms with Crippen molar-refractivity contribution in [1.82, 2.24) is 5.06 Å². The van der Waals surface area contributed by atoms with Gasteiger partial charge in [0, 0.05) is 17.7 Å². The van der Waals surface area contributed by atoms with Gasteiger partial charge in [0.05, 0.1) is 24.1 Å². The Kier molecular flexibility index (Phi) is 5.91. The molecule has 0 saturated carbocycles. The smallest absolute Gasteiger partial charge is 0.0842 e. The van der Waals surface area contributed by atoms with Gasteiger partial charge in [-0.05, 0) is 47.0 Å². The van der Waals surface area contributed by atoms with Gasteiger partial charge in [0.15, 0.2) is 0 Å². The number of ether oxygens (including phenoxy) is 1. The van der Waals surface area contributed by atoms with Crippen molar-refractivity contribution in [3.8, 4) is 0 Å². The molecule has 0 aromatic rings. The molecule has 1 atom stereocenters. The van der Waals surface area contributed by atoms with E-state index in [1.165, 1.54) is 5.06 Å². The number of rotatable bonds is 6. The summed E-state index contributed by atoms with van der Waals surface area (Å²) in [6.45, 7) is 8.52. The van der Waals surface area contributed by atoms with E-state index in [1.54, 1.807) is 0 Å². The molecule has 0 spiro atoms. The van der Waals surface area contributed by atoms with E-state index in [0.717, 1.165) is 12.8 Å². The zero-order valence-electron chi connectivity index (χ0n) is 12.0. The van der Waals surface area contributed by atoms with Gasteiger partial charge in [-0.1, -0.05) is 0 Å². The van der Waals surface area contributed by atoms with Gasteiger partial charge in [-0.25, -0.2) is 4.21 Å². The van der Waals surface area contributed by atoms with Crippen molar-refractivity contribution in [2.24, 2.45) is 0 Å². The number of hydroxylamine groups is 2. The first-order valence-electron chi connectivity index (χ1n) is 6.48. The lowest BCUT2D eigenvalue weighted by Gasteiger charge is -2.51. The average Bonchev–Trinajstić information content (AvgIpc) is 2.24. The van der Waals surface area contributed by atoms with E-state index < -0.39 is 11.4 Å². The van der Waals surface area contributed by atoms with Crippen LogP contribution in [0.1, 0.15) is 47.0 Å². The second kappa shape index (κ2) is 6.60. The quantitative estimate of drug-likeness (QED) is 0.592. The SMILES string of the molecule is CC1(C)CC(OCCCOS(=O)[O-])CC(C)(C)N1O. The first-order chi connectivity index (χ1) is 8.65. The van der Waals surface area contributed by atoms with Gasteiger partial charge in [0.1, 0.15) is 0 Å². The third-order valence-corrected chi connectivity index (χ3v) is 3.78. The number of hydrogen-bond acceptors (Lipinski definition) is 6. The monoisotopic (exact) mass is 294 g/mol.